The molecule has 1 aromatic rings. The van der Waals surface area contributed by atoms with Crippen LogP contribution < -0.4 is 0 Å². The molecule has 0 radical (unpaired) electrons. The number of rotatable bonds is 2. The lowest BCUT2D eigenvalue weighted by Crippen LogP contribution is -2.40. The van der Waals surface area contributed by atoms with Gasteiger partial charge in [0.15, 0.2) is 6.29 Å². The molecule has 4 bridgehead atoms. The van der Waals surface area contributed by atoms with Crippen molar-refractivity contribution in [2.24, 2.45) is 23.7 Å². The van der Waals surface area contributed by atoms with Gasteiger partial charge in [-0.25, -0.2) is 0 Å². The zero-order valence-corrected chi connectivity index (χ0v) is 11.2. The van der Waals surface area contributed by atoms with Gasteiger partial charge < -0.3 is 0 Å². The molecule has 1 nitrogen and oxygen atoms in total. The lowest BCUT2D eigenvalue weighted by Gasteiger charge is -2.51. The first kappa shape index (κ1) is 11.5. The van der Waals surface area contributed by atoms with E-state index < -0.39 is 0 Å². The van der Waals surface area contributed by atoms with Crippen LogP contribution in [0.1, 0.15) is 48.0 Å². The van der Waals surface area contributed by atoms with Gasteiger partial charge in [0.05, 0.1) is 0 Å². The standard InChI is InChI=1S/C18H20O/c19-11-15-4-2-1-3-14(15)10-18-16-6-12-5-13(8-16)9-17(18)7-12/h1-4,10-13,16-17H,5-9H2. The molecule has 0 unspecified atom stereocenters. The van der Waals surface area contributed by atoms with Crippen LogP contribution in [0.25, 0.3) is 6.08 Å². The minimum atomic E-state index is 0.816. The van der Waals surface area contributed by atoms with E-state index >= 15 is 0 Å². The zero-order valence-electron chi connectivity index (χ0n) is 11.2. The third-order valence-electron chi connectivity index (χ3n) is 5.53. The number of carbonyl (C=O) groups excluding carboxylic acids is 1. The average molecular weight is 252 g/mol. The van der Waals surface area contributed by atoms with Gasteiger partial charge in [-0.2, -0.15) is 0 Å². The maximum absolute atomic E-state index is 11.1. The molecule has 0 N–H and O–H groups in total. The summed E-state index contributed by atoms with van der Waals surface area (Å²) in [6, 6.07) is 8.00. The summed E-state index contributed by atoms with van der Waals surface area (Å²) in [4.78, 5) is 11.1. The van der Waals surface area contributed by atoms with Gasteiger partial charge in [-0.3, -0.25) is 4.79 Å². The first-order chi connectivity index (χ1) is 9.33. The van der Waals surface area contributed by atoms with Crippen molar-refractivity contribution >= 4 is 12.4 Å². The Balaban J connectivity index is 1.72. The van der Waals surface area contributed by atoms with Crippen LogP contribution in [0, 0.1) is 23.7 Å². The van der Waals surface area contributed by atoms with E-state index in [0.717, 1.165) is 41.1 Å². The van der Waals surface area contributed by atoms with Crippen molar-refractivity contribution < 1.29 is 4.79 Å². The van der Waals surface area contributed by atoms with E-state index in [2.05, 4.69) is 12.1 Å². The Morgan fingerprint density at radius 2 is 1.42 bits per heavy atom. The molecule has 1 aromatic carbocycles. The lowest BCUT2D eigenvalue weighted by molar-refractivity contribution is 0.0710. The van der Waals surface area contributed by atoms with E-state index in [1.807, 2.05) is 18.2 Å². The number of aldehydes is 1. The van der Waals surface area contributed by atoms with E-state index in [9.17, 15) is 4.79 Å². The number of carbonyl (C=O) groups is 1. The summed E-state index contributed by atoms with van der Waals surface area (Å²) < 4.78 is 0. The van der Waals surface area contributed by atoms with Crippen LogP contribution in [0.15, 0.2) is 29.8 Å². The zero-order chi connectivity index (χ0) is 12.8. The van der Waals surface area contributed by atoms with Gasteiger partial charge in [-0.15, -0.1) is 0 Å². The third kappa shape index (κ3) is 1.87. The lowest BCUT2D eigenvalue weighted by atomic mass is 9.54. The highest BCUT2D eigenvalue weighted by atomic mass is 16.1. The smallest absolute Gasteiger partial charge is 0.150 e. The van der Waals surface area contributed by atoms with Crippen LogP contribution in [0.2, 0.25) is 0 Å². The minimum absolute atomic E-state index is 0.816. The first-order valence-electron chi connectivity index (χ1n) is 7.59. The summed E-state index contributed by atoms with van der Waals surface area (Å²) >= 11 is 0. The topological polar surface area (TPSA) is 17.1 Å². The van der Waals surface area contributed by atoms with Crippen molar-refractivity contribution in [3.63, 3.8) is 0 Å². The van der Waals surface area contributed by atoms with Gasteiger partial charge in [0, 0.05) is 5.56 Å². The summed E-state index contributed by atoms with van der Waals surface area (Å²) in [6.07, 6.45) is 10.4. The Morgan fingerprint density at radius 3 is 2.00 bits per heavy atom. The minimum Gasteiger partial charge on any atom is -0.298 e. The molecule has 4 saturated carbocycles. The Bertz CT molecular complexity index is 510. The molecule has 0 aromatic heterocycles. The quantitative estimate of drug-likeness (QED) is 0.716. The van der Waals surface area contributed by atoms with Crippen LogP contribution in [-0.2, 0) is 0 Å². The number of hydrogen-bond acceptors (Lipinski definition) is 1. The highest BCUT2D eigenvalue weighted by Crippen LogP contribution is 2.56. The molecule has 0 spiro atoms. The number of hydrogen-bond donors (Lipinski definition) is 0. The van der Waals surface area contributed by atoms with Crippen molar-refractivity contribution in [2.75, 3.05) is 0 Å². The predicted octanol–water partition coefficient (Wildman–Crippen LogP) is 4.34. The summed E-state index contributed by atoms with van der Waals surface area (Å²) in [7, 11) is 0. The van der Waals surface area contributed by atoms with Crippen molar-refractivity contribution in [3.8, 4) is 0 Å². The average Bonchev–Trinajstić information content (AvgIpc) is 2.42. The fourth-order valence-electron chi connectivity index (χ4n) is 4.89. The molecular weight excluding hydrogens is 232 g/mol. The Kier molecular flexibility index (Phi) is 2.61. The van der Waals surface area contributed by atoms with Crippen LogP contribution in [0.4, 0.5) is 0 Å². The van der Waals surface area contributed by atoms with Crippen molar-refractivity contribution in [1.82, 2.24) is 0 Å². The molecule has 0 amide bonds. The van der Waals surface area contributed by atoms with Crippen molar-refractivity contribution in [2.45, 2.75) is 32.1 Å². The predicted molar refractivity (Wildman–Crippen MR) is 76.9 cm³/mol. The molecule has 0 saturated heterocycles. The molecule has 0 atom stereocenters. The van der Waals surface area contributed by atoms with E-state index in [0.29, 0.717) is 0 Å². The Morgan fingerprint density at radius 1 is 0.842 bits per heavy atom. The molecule has 0 aliphatic heterocycles. The maximum Gasteiger partial charge on any atom is 0.150 e. The molecular formula is C18H20O. The number of allylic oxidation sites excluding steroid dienone is 1. The fraction of sp³-hybridized carbons (Fsp3) is 0.500. The van der Waals surface area contributed by atoms with Gasteiger partial charge >= 0.3 is 0 Å². The second kappa shape index (κ2) is 4.33. The first-order valence-corrected chi connectivity index (χ1v) is 7.59. The van der Waals surface area contributed by atoms with E-state index in [4.69, 9.17) is 0 Å². The van der Waals surface area contributed by atoms with Crippen LogP contribution in [0.5, 0.6) is 0 Å². The van der Waals surface area contributed by atoms with Gasteiger partial charge in [-0.05, 0) is 61.3 Å². The summed E-state index contributed by atoms with van der Waals surface area (Å²) in [5, 5.41) is 0. The number of benzene rings is 1. The monoisotopic (exact) mass is 252 g/mol. The van der Waals surface area contributed by atoms with Crippen LogP contribution in [0.3, 0.4) is 0 Å². The van der Waals surface area contributed by atoms with E-state index in [1.165, 1.54) is 32.1 Å². The van der Waals surface area contributed by atoms with E-state index in [1.54, 1.807) is 5.57 Å². The van der Waals surface area contributed by atoms with Crippen LogP contribution in [-0.4, -0.2) is 6.29 Å². The normalized spacial score (nSPS) is 35.5. The molecule has 19 heavy (non-hydrogen) atoms. The van der Waals surface area contributed by atoms with Gasteiger partial charge in [0.1, 0.15) is 0 Å². The SMILES string of the molecule is O=Cc1ccccc1C=C1C2CC3CC(C2)CC1C3. The van der Waals surface area contributed by atoms with Gasteiger partial charge in [0.25, 0.3) is 0 Å². The molecule has 0 heterocycles. The Labute approximate surface area is 114 Å². The molecule has 4 aliphatic rings. The molecule has 1 heteroatoms. The molecule has 4 fully saturated rings. The Hall–Kier alpha value is -1.37. The van der Waals surface area contributed by atoms with Crippen molar-refractivity contribution in [3.05, 3.63) is 41.0 Å². The summed E-state index contributed by atoms with van der Waals surface area (Å²) in [5.74, 6) is 3.63. The van der Waals surface area contributed by atoms with Crippen molar-refractivity contribution in [1.29, 1.82) is 0 Å². The molecule has 98 valence electrons. The second-order valence-electron chi connectivity index (χ2n) is 6.70. The summed E-state index contributed by atoms with van der Waals surface area (Å²) in [5.41, 5.74) is 3.62. The van der Waals surface area contributed by atoms with Gasteiger partial charge in [-0.1, -0.05) is 35.9 Å². The van der Waals surface area contributed by atoms with Gasteiger partial charge in [0.2, 0.25) is 0 Å². The third-order valence-corrected chi connectivity index (χ3v) is 5.53. The highest BCUT2D eigenvalue weighted by molar-refractivity contribution is 5.82. The second-order valence-corrected chi connectivity index (χ2v) is 6.70. The molecule has 5 rings (SSSR count). The largest absolute Gasteiger partial charge is 0.298 e. The highest BCUT2D eigenvalue weighted by Gasteiger charge is 2.44. The fourth-order valence-corrected chi connectivity index (χ4v) is 4.89. The van der Waals surface area contributed by atoms with Crippen LogP contribution >= 0.6 is 0 Å². The maximum atomic E-state index is 11.1. The van der Waals surface area contributed by atoms with E-state index in [-0.39, 0.29) is 0 Å². The molecule has 4 aliphatic carbocycles. The summed E-state index contributed by atoms with van der Waals surface area (Å²) in [6.45, 7) is 0.